The predicted molar refractivity (Wildman–Crippen MR) is 138 cm³/mol. The minimum atomic E-state index is -0.496. The summed E-state index contributed by atoms with van der Waals surface area (Å²) in [6.45, 7) is 1.89. The van der Waals surface area contributed by atoms with E-state index in [1.54, 1.807) is 16.8 Å². The van der Waals surface area contributed by atoms with Crippen LogP contribution in [0.4, 0.5) is 5.69 Å². The Morgan fingerprint density at radius 3 is 2.50 bits per heavy atom. The summed E-state index contributed by atoms with van der Waals surface area (Å²) in [6, 6.07) is 20.7. The van der Waals surface area contributed by atoms with E-state index in [0.717, 1.165) is 32.0 Å². The summed E-state index contributed by atoms with van der Waals surface area (Å²) in [5.41, 5.74) is 2.91. The van der Waals surface area contributed by atoms with Crippen molar-refractivity contribution in [2.45, 2.75) is 6.92 Å². The number of aryl methyl sites for hydroxylation is 1. The lowest BCUT2D eigenvalue weighted by Gasteiger charge is -2.05. The number of fused-ring (bicyclic) bond motifs is 1. The van der Waals surface area contributed by atoms with Crippen molar-refractivity contribution >= 4 is 62.1 Å². The molecule has 0 aliphatic rings. The molecule has 0 bridgehead atoms. The van der Waals surface area contributed by atoms with E-state index in [1.165, 1.54) is 29.8 Å². The van der Waals surface area contributed by atoms with Crippen molar-refractivity contribution in [3.63, 3.8) is 0 Å². The number of anilines is 1. The van der Waals surface area contributed by atoms with Crippen molar-refractivity contribution in [3.05, 3.63) is 87.2 Å². The number of carbonyl (C=O) groups is 2. The Labute approximate surface area is 208 Å². The molecule has 6 nitrogen and oxygen atoms in total. The highest BCUT2D eigenvalue weighted by molar-refractivity contribution is 7.20. The number of methoxy groups -OCH3 is 1. The minimum Gasteiger partial charge on any atom is -0.465 e. The number of hydrogen-bond donors (Lipinski definition) is 1. The van der Waals surface area contributed by atoms with E-state index in [1.807, 2.05) is 61.5 Å². The lowest BCUT2D eigenvalue weighted by atomic mass is 10.2. The summed E-state index contributed by atoms with van der Waals surface area (Å²) in [6.07, 6.45) is 0. The number of esters is 1. The first-order chi connectivity index (χ1) is 16.5. The molecular formula is C25H18ClN3O3S2. The molecule has 0 unspecified atom stereocenters. The fourth-order valence-corrected chi connectivity index (χ4v) is 5.93. The number of ether oxygens (including phenoxy) is 1. The largest absolute Gasteiger partial charge is 0.465 e. The van der Waals surface area contributed by atoms with Gasteiger partial charge in [0, 0.05) is 10.3 Å². The highest BCUT2D eigenvalue weighted by Crippen LogP contribution is 2.37. The van der Waals surface area contributed by atoms with Gasteiger partial charge in [0.2, 0.25) is 0 Å². The van der Waals surface area contributed by atoms with E-state index in [9.17, 15) is 9.59 Å². The van der Waals surface area contributed by atoms with Gasteiger partial charge in [-0.05, 0) is 36.8 Å². The molecule has 5 aromatic rings. The average Bonchev–Trinajstić information content (AvgIpc) is 3.55. The quantitative estimate of drug-likeness (QED) is 0.265. The van der Waals surface area contributed by atoms with Gasteiger partial charge in [-0.2, -0.15) is 5.10 Å². The molecule has 5 rings (SSSR count). The molecular weight excluding hydrogens is 490 g/mol. The van der Waals surface area contributed by atoms with Crippen molar-refractivity contribution in [2.75, 3.05) is 12.4 Å². The number of nitrogens with zero attached hydrogens (tertiary/aromatic N) is 2. The fourth-order valence-electron chi connectivity index (χ4n) is 3.60. The summed E-state index contributed by atoms with van der Waals surface area (Å²) in [4.78, 5) is 28.1. The number of amides is 1. The molecule has 0 spiro atoms. The Morgan fingerprint density at radius 2 is 1.76 bits per heavy atom. The van der Waals surface area contributed by atoms with Crippen LogP contribution >= 0.6 is 34.3 Å². The van der Waals surface area contributed by atoms with Gasteiger partial charge in [0.05, 0.1) is 34.1 Å². The van der Waals surface area contributed by atoms with Gasteiger partial charge in [0.15, 0.2) is 0 Å². The highest BCUT2D eigenvalue weighted by Gasteiger charge is 2.22. The Bertz CT molecular complexity index is 1540. The first kappa shape index (κ1) is 22.3. The first-order valence-corrected chi connectivity index (χ1v) is 12.3. The van der Waals surface area contributed by atoms with Crippen LogP contribution < -0.4 is 5.32 Å². The molecule has 0 saturated heterocycles. The number of rotatable bonds is 5. The summed E-state index contributed by atoms with van der Waals surface area (Å²) in [7, 11) is 1.32. The van der Waals surface area contributed by atoms with Gasteiger partial charge in [-0.3, -0.25) is 4.79 Å². The van der Waals surface area contributed by atoms with Gasteiger partial charge < -0.3 is 10.1 Å². The zero-order valence-corrected chi connectivity index (χ0v) is 20.6. The molecule has 0 fully saturated rings. The normalized spacial score (nSPS) is 11.0. The summed E-state index contributed by atoms with van der Waals surface area (Å²) >= 11 is 8.97. The number of carbonyl (C=O) groups excluding carboxylic acids is 2. The molecule has 0 atom stereocenters. The fraction of sp³-hybridized carbons (Fsp3) is 0.0800. The maximum Gasteiger partial charge on any atom is 0.350 e. The smallest absolute Gasteiger partial charge is 0.350 e. The monoisotopic (exact) mass is 507 g/mol. The number of para-hydroxylation sites is 1. The van der Waals surface area contributed by atoms with Crippen molar-refractivity contribution in [2.24, 2.45) is 0 Å². The van der Waals surface area contributed by atoms with Crippen LogP contribution in [-0.2, 0) is 4.74 Å². The van der Waals surface area contributed by atoms with Gasteiger partial charge in [-0.1, -0.05) is 54.1 Å². The second kappa shape index (κ2) is 9.06. The molecule has 1 amide bonds. The van der Waals surface area contributed by atoms with Gasteiger partial charge in [-0.15, -0.1) is 22.7 Å². The maximum absolute atomic E-state index is 13.2. The average molecular weight is 508 g/mol. The molecule has 0 aliphatic heterocycles. The molecule has 0 saturated carbocycles. The van der Waals surface area contributed by atoms with Crippen molar-refractivity contribution < 1.29 is 14.3 Å². The van der Waals surface area contributed by atoms with Crippen LogP contribution in [0.3, 0.4) is 0 Å². The van der Waals surface area contributed by atoms with Crippen LogP contribution in [0.15, 0.2) is 66.7 Å². The topological polar surface area (TPSA) is 73.2 Å². The minimum absolute atomic E-state index is 0.311. The van der Waals surface area contributed by atoms with Gasteiger partial charge in [0.25, 0.3) is 5.91 Å². The van der Waals surface area contributed by atoms with Crippen LogP contribution in [0, 0.1) is 6.92 Å². The van der Waals surface area contributed by atoms with Crippen LogP contribution in [0.1, 0.15) is 25.0 Å². The van der Waals surface area contributed by atoms with Gasteiger partial charge >= 0.3 is 5.97 Å². The van der Waals surface area contributed by atoms with E-state index in [-0.39, 0.29) is 5.91 Å². The van der Waals surface area contributed by atoms with Crippen LogP contribution in [-0.4, -0.2) is 28.8 Å². The first-order valence-electron chi connectivity index (χ1n) is 10.3. The Morgan fingerprint density at radius 1 is 1.03 bits per heavy atom. The third kappa shape index (κ3) is 4.00. The van der Waals surface area contributed by atoms with E-state index in [0.29, 0.717) is 20.5 Å². The number of halogens is 1. The van der Waals surface area contributed by atoms with Gasteiger partial charge in [-0.25, -0.2) is 9.48 Å². The molecule has 3 aromatic heterocycles. The lowest BCUT2D eigenvalue weighted by Crippen LogP contribution is -2.12. The zero-order valence-electron chi connectivity index (χ0n) is 18.2. The van der Waals surface area contributed by atoms with Gasteiger partial charge in [0.1, 0.15) is 9.71 Å². The molecule has 0 radical (unpaired) electrons. The number of hydrogen-bond acceptors (Lipinski definition) is 6. The Kier molecular flexibility index (Phi) is 5.95. The highest BCUT2D eigenvalue weighted by atomic mass is 35.5. The summed E-state index contributed by atoms with van der Waals surface area (Å²) in [5, 5.41) is 8.94. The van der Waals surface area contributed by atoms with E-state index in [4.69, 9.17) is 16.3 Å². The van der Waals surface area contributed by atoms with Crippen LogP contribution in [0.25, 0.3) is 26.3 Å². The number of thiophene rings is 2. The van der Waals surface area contributed by atoms with E-state index in [2.05, 4.69) is 10.4 Å². The molecule has 3 heterocycles. The Balaban J connectivity index is 1.51. The molecule has 0 aliphatic carbocycles. The number of benzene rings is 2. The zero-order chi connectivity index (χ0) is 23.8. The second-order valence-electron chi connectivity index (χ2n) is 7.44. The third-order valence-corrected chi connectivity index (χ3v) is 7.85. The lowest BCUT2D eigenvalue weighted by molar-refractivity contribution is 0.0607. The standard InChI is InChI=1S/C25H18ClN3O3S2/c1-14-16-12-21(34-24(16)29(28-14)19-11-7-6-10-17(19)26)23(30)27-18-13-20(15-8-4-3-5-9-15)33-22(18)25(31)32-2/h3-13H,1-2H3,(H,27,30). The molecule has 9 heteroatoms. The molecule has 2 aromatic carbocycles. The molecule has 34 heavy (non-hydrogen) atoms. The van der Waals surface area contributed by atoms with Crippen molar-refractivity contribution in [1.82, 2.24) is 9.78 Å². The third-order valence-electron chi connectivity index (χ3n) is 5.26. The predicted octanol–water partition coefficient (Wildman–Crippen LogP) is 6.82. The Hall–Kier alpha value is -3.46. The SMILES string of the molecule is COC(=O)c1sc(-c2ccccc2)cc1NC(=O)c1cc2c(C)nn(-c3ccccc3Cl)c2s1. The molecule has 1 N–H and O–H groups in total. The van der Waals surface area contributed by atoms with E-state index < -0.39 is 5.97 Å². The van der Waals surface area contributed by atoms with E-state index >= 15 is 0 Å². The second-order valence-corrected chi connectivity index (χ2v) is 9.93. The van der Waals surface area contributed by atoms with Crippen molar-refractivity contribution in [1.29, 1.82) is 0 Å². The number of aromatic nitrogens is 2. The van der Waals surface area contributed by atoms with Crippen LogP contribution in [0.2, 0.25) is 5.02 Å². The van der Waals surface area contributed by atoms with Crippen LogP contribution in [0.5, 0.6) is 0 Å². The number of nitrogens with one attached hydrogen (secondary N) is 1. The maximum atomic E-state index is 13.2. The summed E-state index contributed by atoms with van der Waals surface area (Å²) < 4.78 is 6.70. The molecule has 170 valence electrons. The summed E-state index contributed by atoms with van der Waals surface area (Å²) in [5.74, 6) is -0.807. The van der Waals surface area contributed by atoms with Crippen molar-refractivity contribution in [3.8, 4) is 16.1 Å².